The second-order valence-electron chi connectivity index (χ2n) is 10.8. The highest BCUT2D eigenvalue weighted by Gasteiger charge is 2.48. The average molecular weight is 599 g/mol. The number of amides is 5. The van der Waals surface area contributed by atoms with Crippen molar-refractivity contribution in [2.24, 2.45) is 11.7 Å². The molecule has 2 aliphatic rings. The predicted molar refractivity (Wildman–Crippen MR) is 164 cm³/mol. The van der Waals surface area contributed by atoms with Gasteiger partial charge in [-0.1, -0.05) is 67.6 Å². The van der Waals surface area contributed by atoms with Gasteiger partial charge >= 0.3 is 6.03 Å². The summed E-state index contributed by atoms with van der Waals surface area (Å²) in [7, 11) is 0. The number of carbonyl (C=O) groups is 4. The van der Waals surface area contributed by atoms with Gasteiger partial charge in [-0.2, -0.15) is 0 Å². The van der Waals surface area contributed by atoms with Crippen LogP contribution in [0.4, 0.5) is 4.79 Å². The molecule has 0 unspecified atom stereocenters. The van der Waals surface area contributed by atoms with Crippen LogP contribution in [0, 0.1) is 5.92 Å². The van der Waals surface area contributed by atoms with Gasteiger partial charge in [-0.25, -0.2) is 4.79 Å². The Labute approximate surface area is 254 Å². The van der Waals surface area contributed by atoms with E-state index in [1.54, 1.807) is 11.8 Å². The van der Waals surface area contributed by atoms with Gasteiger partial charge in [-0.3, -0.25) is 14.4 Å². The minimum Gasteiger partial charge on any atom is -0.343 e. The van der Waals surface area contributed by atoms with Crippen LogP contribution >= 0.6 is 12.4 Å². The standard InChI is InChI=1S/C31H42N6O4.ClH/c1-3-24(32)28(38)36-27-22(19-34-31(41)33-4-2)15-16-23-17-18-25(37(23)30(27)40)29(39)35-26(20-11-7-5-8-12-20)21-13-9-6-10-14-21;/h5-14,22-27H,3-4,15-19,32H2,1-2H3,(H,35,39)(H,36,38)(H2,33,34,41);1H/t22-,23+,24+,25+,27+;/m1./s1. The van der Waals surface area contributed by atoms with E-state index in [0.29, 0.717) is 38.6 Å². The van der Waals surface area contributed by atoms with Crippen LogP contribution in [0.1, 0.15) is 63.1 Å². The molecule has 2 fully saturated rings. The third kappa shape index (κ3) is 7.80. The van der Waals surface area contributed by atoms with E-state index < -0.39 is 24.0 Å². The predicted octanol–water partition coefficient (Wildman–Crippen LogP) is 2.62. The minimum absolute atomic E-state index is 0. The molecule has 2 aromatic rings. The van der Waals surface area contributed by atoms with Gasteiger partial charge in [0.25, 0.3) is 0 Å². The Kier molecular flexibility index (Phi) is 12.2. The Morgan fingerprint density at radius 1 is 0.905 bits per heavy atom. The number of nitrogens with two attached hydrogens (primary N) is 1. The Balaban J connectivity index is 0.00000484. The van der Waals surface area contributed by atoms with Crippen molar-refractivity contribution in [3.63, 3.8) is 0 Å². The third-order valence-corrected chi connectivity index (χ3v) is 8.16. The maximum atomic E-state index is 14.2. The highest BCUT2D eigenvalue weighted by Crippen LogP contribution is 2.34. The molecule has 5 atom stereocenters. The Bertz CT molecular complexity index is 1160. The van der Waals surface area contributed by atoms with Gasteiger partial charge in [-0.05, 0) is 50.2 Å². The average Bonchev–Trinajstić information content (AvgIpc) is 3.38. The first kappa shape index (κ1) is 32.9. The molecule has 4 rings (SSSR count). The molecule has 0 spiro atoms. The van der Waals surface area contributed by atoms with E-state index in [-0.39, 0.29) is 54.8 Å². The van der Waals surface area contributed by atoms with Crippen molar-refractivity contribution in [3.8, 4) is 0 Å². The molecule has 42 heavy (non-hydrogen) atoms. The van der Waals surface area contributed by atoms with E-state index in [1.165, 1.54) is 0 Å². The second kappa shape index (κ2) is 15.6. The lowest BCUT2D eigenvalue weighted by molar-refractivity contribution is -0.143. The summed E-state index contributed by atoms with van der Waals surface area (Å²) in [5.41, 5.74) is 7.88. The Hall–Kier alpha value is -3.63. The minimum atomic E-state index is -0.903. The van der Waals surface area contributed by atoms with Gasteiger partial charge in [-0.15, -0.1) is 12.4 Å². The number of nitrogens with zero attached hydrogens (tertiary/aromatic N) is 1. The summed E-state index contributed by atoms with van der Waals surface area (Å²) >= 11 is 0. The summed E-state index contributed by atoms with van der Waals surface area (Å²) in [4.78, 5) is 54.7. The van der Waals surface area contributed by atoms with Gasteiger partial charge in [0.1, 0.15) is 12.1 Å². The molecule has 0 aliphatic carbocycles. The maximum Gasteiger partial charge on any atom is 0.314 e. The van der Waals surface area contributed by atoms with Crippen LogP contribution in [0.15, 0.2) is 60.7 Å². The van der Waals surface area contributed by atoms with Crippen molar-refractivity contribution in [2.75, 3.05) is 13.1 Å². The molecule has 2 heterocycles. The highest BCUT2D eigenvalue weighted by atomic mass is 35.5. The zero-order valence-electron chi connectivity index (χ0n) is 24.3. The summed E-state index contributed by atoms with van der Waals surface area (Å²) in [6.07, 6.45) is 2.93. The fourth-order valence-electron chi connectivity index (χ4n) is 5.87. The molecular formula is C31H43ClN6O4. The van der Waals surface area contributed by atoms with Crippen LogP contribution in [0.5, 0.6) is 0 Å². The first-order chi connectivity index (χ1) is 19.8. The molecule has 2 saturated heterocycles. The number of hydrogen-bond donors (Lipinski definition) is 5. The zero-order valence-corrected chi connectivity index (χ0v) is 25.1. The first-order valence-corrected chi connectivity index (χ1v) is 14.6. The molecule has 2 aliphatic heterocycles. The summed E-state index contributed by atoms with van der Waals surface area (Å²) in [6.45, 7) is 4.32. The van der Waals surface area contributed by atoms with E-state index in [1.807, 2.05) is 67.6 Å². The van der Waals surface area contributed by atoms with Gasteiger partial charge in [0.15, 0.2) is 0 Å². The SMILES string of the molecule is CCNC(=O)NC[C@H]1CC[C@H]2CC[C@@H](C(=O)NC(c3ccccc3)c3ccccc3)N2C(=O)[C@H]1NC(=O)[C@@H](N)CC.Cl. The Morgan fingerprint density at radius 2 is 1.50 bits per heavy atom. The molecule has 10 nitrogen and oxygen atoms in total. The van der Waals surface area contributed by atoms with E-state index in [2.05, 4.69) is 21.3 Å². The molecule has 5 amide bonds. The summed E-state index contributed by atoms with van der Waals surface area (Å²) in [6, 6.07) is 16.3. The number of benzene rings is 2. The third-order valence-electron chi connectivity index (χ3n) is 8.16. The summed E-state index contributed by atoms with van der Waals surface area (Å²) in [5.74, 6) is -1.29. The van der Waals surface area contributed by atoms with Crippen molar-refractivity contribution >= 4 is 36.2 Å². The van der Waals surface area contributed by atoms with Gasteiger partial charge in [0.05, 0.1) is 12.1 Å². The van der Waals surface area contributed by atoms with E-state index in [4.69, 9.17) is 5.73 Å². The number of halogens is 1. The molecule has 6 N–H and O–H groups in total. The fraction of sp³-hybridized carbons (Fsp3) is 0.484. The normalized spacial score (nSPS) is 22.3. The summed E-state index contributed by atoms with van der Waals surface area (Å²) < 4.78 is 0. The lowest BCUT2D eigenvalue weighted by Gasteiger charge is -2.33. The van der Waals surface area contributed by atoms with Crippen LogP contribution in [0.3, 0.4) is 0 Å². The van der Waals surface area contributed by atoms with Crippen molar-refractivity contribution in [1.29, 1.82) is 0 Å². The zero-order chi connectivity index (χ0) is 29.4. The van der Waals surface area contributed by atoms with Crippen LogP contribution in [-0.2, 0) is 14.4 Å². The lowest BCUT2D eigenvalue weighted by Crippen LogP contribution is -2.59. The highest BCUT2D eigenvalue weighted by molar-refractivity contribution is 5.94. The first-order valence-electron chi connectivity index (χ1n) is 14.6. The monoisotopic (exact) mass is 598 g/mol. The van der Waals surface area contributed by atoms with Crippen LogP contribution in [0.25, 0.3) is 0 Å². The maximum absolute atomic E-state index is 14.2. The van der Waals surface area contributed by atoms with E-state index in [0.717, 1.165) is 11.1 Å². The van der Waals surface area contributed by atoms with Crippen LogP contribution in [0.2, 0.25) is 0 Å². The van der Waals surface area contributed by atoms with Crippen molar-refractivity contribution < 1.29 is 19.2 Å². The molecular weight excluding hydrogens is 556 g/mol. The van der Waals surface area contributed by atoms with E-state index >= 15 is 0 Å². The van der Waals surface area contributed by atoms with Crippen molar-refractivity contribution in [2.45, 2.75) is 76.2 Å². The molecule has 11 heteroatoms. The lowest BCUT2D eigenvalue weighted by atomic mass is 9.92. The smallest absolute Gasteiger partial charge is 0.314 e. The molecule has 2 aromatic carbocycles. The van der Waals surface area contributed by atoms with Crippen LogP contribution in [-0.4, -0.2) is 65.9 Å². The molecule has 0 saturated carbocycles. The Morgan fingerprint density at radius 3 is 2.07 bits per heavy atom. The van der Waals surface area contributed by atoms with Crippen LogP contribution < -0.4 is 27.0 Å². The van der Waals surface area contributed by atoms with Crippen molar-refractivity contribution in [3.05, 3.63) is 71.8 Å². The molecule has 0 bridgehead atoms. The quantitative estimate of drug-likeness (QED) is 0.285. The number of hydrogen-bond acceptors (Lipinski definition) is 5. The number of rotatable bonds is 10. The second-order valence-corrected chi connectivity index (χ2v) is 10.8. The van der Waals surface area contributed by atoms with Gasteiger partial charge in [0.2, 0.25) is 17.7 Å². The number of urea groups is 1. The van der Waals surface area contributed by atoms with Gasteiger partial charge < -0.3 is 31.9 Å². The largest absolute Gasteiger partial charge is 0.343 e. The van der Waals surface area contributed by atoms with E-state index in [9.17, 15) is 19.2 Å². The van der Waals surface area contributed by atoms with Crippen molar-refractivity contribution in [1.82, 2.24) is 26.2 Å². The molecule has 228 valence electrons. The molecule has 0 aromatic heterocycles. The number of carbonyl (C=O) groups excluding carboxylic acids is 4. The van der Waals surface area contributed by atoms with Gasteiger partial charge in [0, 0.05) is 25.0 Å². The molecule has 0 radical (unpaired) electrons. The topological polar surface area (TPSA) is 146 Å². The summed E-state index contributed by atoms with van der Waals surface area (Å²) in [5, 5.41) is 11.6. The number of fused-ring (bicyclic) bond motifs is 1. The fourth-order valence-corrected chi connectivity index (χ4v) is 5.87. The number of nitrogens with one attached hydrogen (secondary N) is 4.